The van der Waals surface area contributed by atoms with Crippen molar-refractivity contribution in [2.24, 2.45) is 0 Å². The fourth-order valence-corrected chi connectivity index (χ4v) is 3.43. The zero-order valence-corrected chi connectivity index (χ0v) is 15.2. The third-order valence-electron chi connectivity index (χ3n) is 4.84. The largest absolute Gasteiger partial charge is 0.496 e. The van der Waals surface area contributed by atoms with Crippen molar-refractivity contribution in [3.8, 4) is 11.8 Å². The molecule has 0 fully saturated rings. The van der Waals surface area contributed by atoms with Crippen LogP contribution in [-0.2, 0) is 25.8 Å². The molecule has 5 heteroatoms. The topological polar surface area (TPSA) is 65.4 Å². The van der Waals surface area contributed by atoms with Gasteiger partial charge in [-0.25, -0.2) is 4.79 Å². The molecule has 1 aliphatic heterocycles. The Labute approximate surface area is 154 Å². The van der Waals surface area contributed by atoms with E-state index in [1.165, 1.54) is 5.56 Å². The number of rotatable bonds is 4. The molecule has 0 aromatic heterocycles. The third-order valence-corrected chi connectivity index (χ3v) is 4.84. The maximum atomic E-state index is 12.7. The molecule has 2 amide bonds. The highest BCUT2D eigenvalue weighted by Crippen LogP contribution is 2.26. The first-order valence-corrected chi connectivity index (χ1v) is 8.85. The number of aryl methyl sites for hydroxylation is 1. The summed E-state index contributed by atoms with van der Waals surface area (Å²) in [6.45, 7) is 3.28. The number of carbonyl (C=O) groups excluding carboxylic acids is 1. The van der Waals surface area contributed by atoms with Crippen molar-refractivity contribution < 1.29 is 9.53 Å². The van der Waals surface area contributed by atoms with Gasteiger partial charge in [-0.05, 0) is 41.2 Å². The molecule has 5 nitrogen and oxygen atoms in total. The van der Waals surface area contributed by atoms with E-state index in [2.05, 4.69) is 18.3 Å². The van der Waals surface area contributed by atoms with E-state index >= 15 is 0 Å². The first-order valence-electron chi connectivity index (χ1n) is 8.85. The lowest BCUT2D eigenvalue weighted by Gasteiger charge is -2.30. The molecule has 0 atom stereocenters. The average Bonchev–Trinajstić information content (AvgIpc) is 2.67. The van der Waals surface area contributed by atoms with Crippen LogP contribution in [0.4, 0.5) is 10.5 Å². The predicted octanol–water partition coefficient (Wildman–Crippen LogP) is 3.91. The number of anilines is 1. The first kappa shape index (κ1) is 17.8. The Bertz CT molecular complexity index is 855. The fourth-order valence-electron chi connectivity index (χ4n) is 3.43. The number of urea groups is 1. The average molecular weight is 349 g/mol. The van der Waals surface area contributed by atoms with Crippen LogP contribution in [0.25, 0.3) is 0 Å². The van der Waals surface area contributed by atoms with Crippen molar-refractivity contribution in [2.75, 3.05) is 19.0 Å². The Kier molecular flexibility index (Phi) is 5.43. The van der Waals surface area contributed by atoms with Gasteiger partial charge in [0.2, 0.25) is 0 Å². The molecule has 1 aliphatic rings. The van der Waals surface area contributed by atoms with Crippen molar-refractivity contribution >= 4 is 11.7 Å². The van der Waals surface area contributed by atoms with Gasteiger partial charge < -0.3 is 15.0 Å². The lowest BCUT2D eigenvalue weighted by Crippen LogP contribution is -2.39. The van der Waals surface area contributed by atoms with Crippen LogP contribution in [0.2, 0.25) is 0 Å². The summed E-state index contributed by atoms with van der Waals surface area (Å²) >= 11 is 0. The Hall–Kier alpha value is -3.00. The number of benzene rings is 2. The Balaban J connectivity index is 1.72. The Morgan fingerprint density at radius 3 is 2.88 bits per heavy atom. The second-order valence-electron chi connectivity index (χ2n) is 6.37. The number of methoxy groups -OCH3 is 1. The molecular formula is C21H23N3O2. The molecule has 0 saturated heterocycles. The molecule has 1 heterocycles. The second kappa shape index (κ2) is 7.92. The highest BCUT2D eigenvalue weighted by molar-refractivity contribution is 5.89. The minimum absolute atomic E-state index is 0.118. The number of fused-ring (bicyclic) bond motifs is 1. The zero-order valence-electron chi connectivity index (χ0n) is 15.2. The summed E-state index contributed by atoms with van der Waals surface area (Å²) in [6, 6.07) is 13.8. The van der Waals surface area contributed by atoms with Gasteiger partial charge in [-0.15, -0.1) is 0 Å². The summed E-state index contributed by atoms with van der Waals surface area (Å²) in [5.41, 5.74) is 5.26. The molecule has 26 heavy (non-hydrogen) atoms. The van der Waals surface area contributed by atoms with Gasteiger partial charge in [0, 0.05) is 24.8 Å². The summed E-state index contributed by atoms with van der Waals surface area (Å²) in [5.74, 6) is 0.787. The molecule has 1 N–H and O–H groups in total. The molecule has 134 valence electrons. The van der Waals surface area contributed by atoms with E-state index in [-0.39, 0.29) is 6.03 Å². The smallest absolute Gasteiger partial charge is 0.322 e. The number of hydrogen-bond donors (Lipinski definition) is 1. The van der Waals surface area contributed by atoms with E-state index in [1.54, 1.807) is 12.0 Å². The van der Waals surface area contributed by atoms with E-state index in [0.29, 0.717) is 19.5 Å². The summed E-state index contributed by atoms with van der Waals surface area (Å²) in [7, 11) is 1.64. The highest BCUT2D eigenvalue weighted by Gasteiger charge is 2.22. The number of nitrogens with one attached hydrogen (secondary N) is 1. The molecule has 0 saturated carbocycles. The van der Waals surface area contributed by atoms with Gasteiger partial charge >= 0.3 is 6.03 Å². The molecule has 3 rings (SSSR count). The van der Waals surface area contributed by atoms with Crippen molar-refractivity contribution in [1.29, 1.82) is 5.26 Å². The monoisotopic (exact) mass is 349 g/mol. The zero-order chi connectivity index (χ0) is 18.5. The minimum Gasteiger partial charge on any atom is -0.496 e. The molecule has 2 aromatic rings. The molecule has 0 bridgehead atoms. The van der Waals surface area contributed by atoms with Crippen molar-refractivity contribution in [2.45, 2.75) is 32.7 Å². The third kappa shape index (κ3) is 3.65. The second-order valence-corrected chi connectivity index (χ2v) is 6.37. The van der Waals surface area contributed by atoms with E-state index in [4.69, 9.17) is 10.00 Å². The van der Waals surface area contributed by atoms with Crippen LogP contribution >= 0.6 is 0 Å². The summed E-state index contributed by atoms with van der Waals surface area (Å²) in [6.07, 6.45) is 2.07. The normalized spacial score (nSPS) is 12.9. The summed E-state index contributed by atoms with van der Waals surface area (Å²) < 4.78 is 5.40. The number of amides is 2. The van der Waals surface area contributed by atoms with Crippen LogP contribution in [0, 0.1) is 11.3 Å². The van der Waals surface area contributed by atoms with Gasteiger partial charge in [-0.3, -0.25) is 0 Å². The van der Waals surface area contributed by atoms with Gasteiger partial charge in [0.1, 0.15) is 5.75 Å². The maximum Gasteiger partial charge on any atom is 0.322 e. The van der Waals surface area contributed by atoms with Crippen LogP contribution in [0.1, 0.15) is 29.2 Å². The minimum atomic E-state index is -0.118. The van der Waals surface area contributed by atoms with E-state index in [9.17, 15) is 4.79 Å². The van der Waals surface area contributed by atoms with Crippen LogP contribution in [0.3, 0.4) is 0 Å². The predicted molar refractivity (Wildman–Crippen MR) is 101 cm³/mol. The van der Waals surface area contributed by atoms with Gasteiger partial charge in [0.25, 0.3) is 0 Å². The Morgan fingerprint density at radius 2 is 2.15 bits per heavy atom. The number of nitrogens with zero attached hydrogens (tertiary/aromatic N) is 2. The van der Waals surface area contributed by atoms with E-state index < -0.39 is 0 Å². The van der Waals surface area contributed by atoms with Crippen LogP contribution in [0.15, 0.2) is 36.4 Å². The van der Waals surface area contributed by atoms with Gasteiger partial charge in [-0.1, -0.05) is 31.2 Å². The number of nitriles is 1. The fraction of sp³-hybridized carbons (Fsp3) is 0.333. The SMILES string of the molecule is CCc1ccc(NC(=O)N2CCc3c(CC#N)cccc3C2)cc1OC. The van der Waals surface area contributed by atoms with Gasteiger partial charge in [-0.2, -0.15) is 5.26 Å². The maximum absolute atomic E-state index is 12.7. The molecular weight excluding hydrogens is 326 g/mol. The highest BCUT2D eigenvalue weighted by atomic mass is 16.5. The quantitative estimate of drug-likeness (QED) is 0.910. The van der Waals surface area contributed by atoms with Crippen LogP contribution in [0.5, 0.6) is 5.75 Å². The lowest BCUT2D eigenvalue weighted by molar-refractivity contribution is 0.206. The van der Waals surface area contributed by atoms with Crippen molar-refractivity contribution in [3.05, 3.63) is 58.7 Å². The standard InChI is InChI=1S/C21H23N3O2/c1-3-15-7-8-18(13-20(15)26-2)23-21(25)24-12-10-19-16(9-11-22)5-4-6-17(19)14-24/h4-8,13H,3,9-10,12,14H2,1-2H3,(H,23,25). The molecule has 0 unspecified atom stereocenters. The molecule has 2 aromatic carbocycles. The van der Waals surface area contributed by atoms with E-state index in [1.807, 2.05) is 36.4 Å². The Morgan fingerprint density at radius 1 is 1.31 bits per heavy atom. The summed E-state index contributed by atoms with van der Waals surface area (Å²) in [5, 5.41) is 11.9. The van der Waals surface area contributed by atoms with Crippen molar-refractivity contribution in [3.63, 3.8) is 0 Å². The lowest BCUT2D eigenvalue weighted by atomic mass is 9.93. The molecule has 0 aliphatic carbocycles. The summed E-state index contributed by atoms with van der Waals surface area (Å²) in [4.78, 5) is 14.5. The van der Waals surface area contributed by atoms with E-state index in [0.717, 1.165) is 41.0 Å². The van der Waals surface area contributed by atoms with Gasteiger partial charge in [0.15, 0.2) is 0 Å². The first-order chi connectivity index (χ1) is 12.7. The number of hydrogen-bond acceptors (Lipinski definition) is 3. The number of ether oxygens (including phenoxy) is 1. The molecule has 0 radical (unpaired) electrons. The van der Waals surface area contributed by atoms with Crippen molar-refractivity contribution in [1.82, 2.24) is 4.90 Å². The van der Waals surface area contributed by atoms with Crippen LogP contribution in [-0.4, -0.2) is 24.6 Å². The van der Waals surface area contributed by atoms with Crippen LogP contribution < -0.4 is 10.1 Å². The number of carbonyl (C=O) groups is 1. The van der Waals surface area contributed by atoms with Gasteiger partial charge in [0.05, 0.1) is 19.6 Å². The molecule has 0 spiro atoms.